The second-order valence-corrected chi connectivity index (χ2v) is 10.00. The van der Waals surface area contributed by atoms with Gasteiger partial charge in [0.05, 0.1) is 22.0 Å². The van der Waals surface area contributed by atoms with Gasteiger partial charge < -0.3 is 10.4 Å². The van der Waals surface area contributed by atoms with Crippen molar-refractivity contribution in [3.8, 4) is 0 Å². The van der Waals surface area contributed by atoms with Crippen LogP contribution in [0.15, 0.2) is 72.8 Å². The molecule has 8 heteroatoms. The lowest BCUT2D eigenvalue weighted by Gasteiger charge is -2.20. The SMILES string of the molecule is CCc1ccc(NS(=O)(=O)CCC(CNc2cc(C(=O)O)ccc2Cl)c2ccccc2)cc1. The summed E-state index contributed by atoms with van der Waals surface area (Å²) in [5.74, 6) is -1.24. The summed E-state index contributed by atoms with van der Waals surface area (Å²) >= 11 is 6.23. The van der Waals surface area contributed by atoms with Crippen molar-refractivity contribution in [2.24, 2.45) is 0 Å². The van der Waals surface area contributed by atoms with Crippen molar-refractivity contribution < 1.29 is 18.3 Å². The molecule has 0 fully saturated rings. The van der Waals surface area contributed by atoms with Gasteiger partial charge in [0.2, 0.25) is 10.0 Å². The Morgan fingerprint density at radius 2 is 1.73 bits per heavy atom. The maximum absolute atomic E-state index is 12.7. The van der Waals surface area contributed by atoms with Crippen LogP contribution in [-0.2, 0) is 16.4 Å². The van der Waals surface area contributed by atoms with E-state index in [0.717, 1.165) is 17.5 Å². The minimum Gasteiger partial charge on any atom is -0.478 e. The van der Waals surface area contributed by atoms with Crippen LogP contribution in [0.1, 0.15) is 40.7 Å². The number of hydrogen-bond acceptors (Lipinski definition) is 4. The Hall–Kier alpha value is -3.03. The molecule has 3 rings (SSSR count). The zero-order valence-electron chi connectivity index (χ0n) is 18.3. The van der Waals surface area contributed by atoms with E-state index < -0.39 is 16.0 Å². The lowest BCUT2D eigenvalue weighted by Crippen LogP contribution is -2.21. The lowest BCUT2D eigenvalue weighted by atomic mass is 9.96. The molecule has 0 amide bonds. The van der Waals surface area contributed by atoms with Gasteiger partial charge in [0.25, 0.3) is 0 Å². The molecule has 0 saturated heterocycles. The van der Waals surface area contributed by atoms with E-state index in [-0.39, 0.29) is 17.2 Å². The van der Waals surface area contributed by atoms with Crippen molar-refractivity contribution >= 4 is 39.0 Å². The predicted octanol–water partition coefficient (Wildman–Crippen LogP) is 5.63. The van der Waals surface area contributed by atoms with Crippen LogP contribution >= 0.6 is 11.6 Å². The predicted molar refractivity (Wildman–Crippen MR) is 134 cm³/mol. The number of nitrogens with one attached hydrogen (secondary N) is 2. The summed E-state index contributed by atoms with van der Waals surface area (Å²) in [6.07, 6.45) is 1.26. The average Bonchev–Trinajstić information content (AvgIpc) is 2.80. The first-order valence-electron chi connectivity index (χ1n) is 10.7. The monoisotopic (exact) mass is 486 g/mol. The second kappa shape index (κ2) is 11.2. The molecule has 0 spiro atoms. The van der Waals surface area contributed by atoms with Crippen molar-refractivity contribution in [3.05, 3.63) is 94.5 Å². The number of anilines is 2. The van der Waals surface area contributed by atoms with E-state index in [1.54, 1.807) is 12.1 Å². The molecule has 3 aromatic rings. The molecule has 3 aromatic carbocycles. The molecule has 0 bridgehead atoms. The summed E-state index contributed by atoms with van der Waals surface area (Å²) in [6.45, 7) is 2.44. The Kier molecular flexibility index (Phi) is 8.36. The number of halogens is 1. The van der Waals surface area contributed by atoms with Gasteiger partial charge in [-0.2, -0.15) is 0 Å². The first kappa shape index (κ1) is 24.6. The summed E-state index contributed by atoms with van der Waals surface area (Å²) in [5, 5.41) is 12.8. The quantitative estimate of drug-likeness (QED) is 0.326. The molecular formula is C25H27ClN2O4S. The van der Waals surface area contributed by atoms with E-state index in [0.29, 0.717) is 29.4 Å². The van der Waals surface area contributed by atoms with E-state index in [2.05, 4.69) is 10.0 Å². The molecule has 0 heterocycles. The van der Waals surface area contributed by atoms with Crippen LogP contribution in [0.4, 0.5) is 11.4 Å². The van der Waals surface area contributed by atoms with Crippen LogP contribution in [0.2, 0.25) is 5.02 Å². The molecule has 6 nitrogen and oxygen atoms in total. The highest BCUT2D eigenvalue weighted by Gasteiger charge is 2.18. The second-order valence-electron chi connectivity index (χ2n) is 7.75. The highest BCUT2D eigenvalue weighted by molar-refractivity contribution is 7.92. The molecule has 0 aliphatic rings. The zero-order valence-corrected chi connectivity index (χ0v) is 19.9. The van der Waals surface area contributed by atoms with Crippen molar-refractivity contribution in [2.75, 3.05) is 22.3 Å². The van der Waals surface area contributed by atoms with Gasteiger partial charge in [0, 0.05) is 18.2 Å². The normalized spacial score (nSPS) is 12.2. The minimum absolute atomic E-state index is 0.0628. The van der Waals surface area contributed by atoms with Gasteiger partial charge in [-0.15, -0.1) is 0 Å². The van der Waals surface area contributed by atoms with E-state index in [4.69, 9.17) is 11.6 Å². The Labute approximate surface area is 199 Å². The highest BCUT2D eigenvalue weighted by atomic mass is 35.5. The fraction of sp³-hybridized carbons (Fsp3) is 0.240. The van der Waals surface area contributed by atoms with Gasteiger partial charge in [-0.1, -0.05) is 61.0 Å². The largest absolute Gasteiger partial charge is 0.478 e. The van der Waals surface area contributed by atoms with Gasteiger partial charge in [-0.05, 0) is 54.3 Å². The van der Waals surface area contributed by atoms with Crippen LogP contribution in [-0.4, -0.2) is 31.8 Å². The van der Waals surface area contributed by atoms with Crippen molar-refractivity contribution in [1.29, 1.82) is 0 Å². The summed E-state index contributed by atoms with van der Waals surface area (Å²) in [4.78, 5) is 11.3. The van der Waals surface area contributed by atoms with Crippen molar-refractivity contribution in [3.63, 3.8) is 0 Å². The Morgan fingerprint density at radius 1 is 1.03 bits per heavy atom. The Bertz CT molecular complexity index is 1180. The molecular weight excluding hydrogens is 460 g/mol. The minimum atomic E-state index is -3.55. The molecule has 0 aliphatic carbocycles. The highest BCUT2D eigenvalue weighted by Crippen LogP contribution is 2.27. The molecule has 0 radical (unpaired) electrons. The van der Waals surface area contributed by atoms with Crippen molar-refractivity contribution in [1.82, 2.24) is 0 Å². The van der Waals surface area contributed by atoms with Gasteiger partial charge in [-0.25, -0.2) is 13.2 Å². The van der Waals surface area contributed by atoms with Gasteiger partial charge >= 0.3 is 5.97 Å². The molecule has 0 aliphatic heterocycles. The third-order valence-corrected chi connectivity index (χ3v) is 7.04. The summed E-state index contributed by atoms with van der Waals surface area (Å²) in [5.41, 5.74) is 3.28. The number of aromatic carboxylic acids is 1. The van der Waals surface area contributed by atoms with Gasteiger partial charge in [-0.3, -0.25) is 4.72 Å². The molecule has 1 unspecified atom stereocenters. The molecule has 3 N–H and O–H groups in total. The van der Waals surface area contributed by atoms with Crippen molar-refractivity contribution in [2.45, 2.75) is 25.7 Å². The summed E-state index contributed by atoms with van der Waals surface area (Å²) in [6, 6.07) is 21.4. The van der Waals surface area contributed by atoms with Crippen LogP contribution in [0.3, 0.4) is 0 Å². The summed E-state index contributed by atoms with van der Waals surface area (Å²) in [7, 11) is -3.55. The Morgan fingerprint density at radius 3 is 2.36 bits per heavy atom. The molecule has 1 atom stereocenters. The number of aryl methyl sites for hydroxylation is 1. The average molecular weight is 487 g/mol. The number of rotatable bonds is 11. The van der Waals surface area contributed by atoms with E-state index in [1.165, 1.54) is 18.2 Å². The maximum Gasteiger partial charge on any atom is 0.335 e. The topological polar surface area (TPSA) is 95.5 Å². The van der Waals surface area contributed by atoms with Gasteiger partial charge in [0.15, 0.2) is 0 Å². The fourth-order valence-electron chi connectivity index (χ4n) is 3.48. The molecule has 0 saturated carbocycles. The number of carboxylic acid groups (broad SMARTS) is 1. The van der Waals surface area contributed by atoms with E-state index in [9.17, 15) is 18.3 Å². The Balaban J connectivity index is 1.71. The number of sulfonamides is 1. The van der Waals surface area contributed by atoms with Crippen LogP contribution in [0.5, 0.6) is 0 Å². The first-order chi connectivity index (χ1) is 15.8. The number of carboxylic acids is 1. The number of carbonyl (C=O) groups is 1. The lowest BCUT2D eigenvalue weighted by molar-refractivity contribution is 0.0697. The van der Waals surface area contributed by atoms with Crippen LogP contribution in [0, 0.1) is 0 Å². The van der Waals surface area contributed by atoms with E-state index in [1.807, 2.05) is 49.4 Å². The molecule has 0 aromatic heterocycles. The first-order valence-corrected chi connectivity index (χ1v) is 12.7. The third kappa shape index (κ3) is 7.23. The van der Waals surface area contributed by atoms with Gasteiger partial charge in [0.1, 0.15) is 0 Å². The summed E-state index contributed by atoms with van der Waals surface area (Å²) < 4.78 is 28.1. The standard InChI is InChI=1S/C25H27ClN2O4S/c1-2-18-8-11-22(12-9-18)28-33(31,32)15-14-21(19-6-4-3-5-7-19)17-27-24-16-20(25(29)30)10-13-23(24)26/h3-13,16,21,27-28H,2,14-15,17H2,1H3,(H,29,30). The number of hydrogen-bond donors (Lipinski definition) is 3. The zero-order chi connectivity index (χ0) is 23.8. The maximum atomic E-state index is 12.7. The van der Waals surface area contributed by atoms with Crippen LogP contribution in [0.25, 0.3) is 0 Å². The van der Waals surface area contributed by atoms with E-state index >= 15 is 0 Å². The third-order valence-electron chi connectivity index (χ3n) is 5.39. The molecule has 33 heavy (non-hydrogen) atoms. The fourth-order valence-corrected chi connectivity index (χ4v) is 4.85. The van der Waals surface area contributed by atoms with Crippen LogP contribution < -0.4 is 10.0 Å². The number of benzene rings is 3. The molecule has 174 valence electrons. The smallest absolute Gasteiger partial charge is 0.335 e.